The van der Waals surface area contributed by atoms with Crippen LogP contribution in [0.3, 0.4) is 0 Å². The zero-order valence-corrected chi connectivity index (χ0v) is 10.0. The standard InChI is InChI=1S/C11H14N2O5/c1-6(2)8(9(14)13-11(12)16)18-10(15)7-4-3-5-17-7/h3-6,8H,1-2H3,(H3,12,13,14,16)/t8-/m1/s1. The Morgan fingerprint density at radius 3 is 2.50 bits per heavy atom. The number of nitrogens with one attached hydrogen (secondary N) is 1. The molecular weight excluding hydrogens is 240 g/mol. The van der Waals surface area contributed by atoms with Crippen LogP contribution in [0.15, 0.2) is 22.8 Å². The summed E-state index contributed by atoms with van der Waals surface area (Å²) in [6, 6.07) is 1.93. The number of ether oxygens (including phenoxy) is 1. The molecule has 0 radical (unpaired) electrons. The van der Waals surface area contributed by atoms with Crippen LogP contribution in [-0.4, -0.2) is 24.0 Å². The van der Waals surface area contributed by atoms with E-state index in [0.29, 0.717) is 0 Å². The summed E-state index contributed by atoms with van der Waals surface area (Å²) < 4.78 is 9.81. The van der Waals surface area contributed by atoms with Crippen molar-refractivity contribution in [1.29, 1.82) is 0 Å². The van der Waals surface area contributed by atoms with Crippen molar-refractivity contribution in [3.8, 4) is 0 Å². The molecule has 7 heteroatoms. The monoisotopic (exact) mass is 254 g/mol. The van der Waals surface area contributed by atoms with Gasteiger partial charge < -0.3 is 14.9 Å². The second kappa shape index (κ2) is 5.85. The number of primary amides is 1. The summed E-state index contributed by atoms with van der Waals surface area (Å²) in [5.41, 5.74) is 4.83. The molecule has 3 amide bonds. The Morgan fingerprint density at radius 2 is 2.06 bits per heavy atom. The minimum atomic E-state index is -1.12. The Balaban J connectivity index is 2.72. The van der Waals surface area contributed by atoms with Gasteiger partial charge in [0.05, 0.1) is 6.26 Å². The SMILES string of the molecule is CC(C)[C@@H](OC(=O)c1ccco1)C(=O)NC(N)=O. The Bertz CT molecular complexity index is 438. The summed E-state index contributed by atoms with van der Waals surface area (Å²) in [5, 5.41) is 1.87. The molecular formula is C11H14N2O5. The van der Waals surface area contributed by atoms with Crippen LogP contribution in [0.4, 0.5) is 4.79 Å². The Hall–Kier alpha value is -2.31. The van der Waals surface area contributed by atoms with Crippen LogP contribution in [0.5, 0.6) is 0 Å². The molecule has 0 fully saturated rings. The molecule has 3 N–H and O–H groups in total. The van der Waals surface area contributed by atoms with Crippen molar-refractivity contribution in [1.82, 2.24) is 5.32 Å². The third-order valence-corrected chi connectivity index (χ3v) is 2.07. The minimum absolute atomic E-state index is 0.0208. The van der Waals surface area contributed by atoms with Crippen LogP contribution >= 0.6 is 0 Å². The van der Waals surface area contributed by atoms with Gasteiger partial charge in [0.25, 0.3) is 5.91 Å². The molecule has 98 valence electrons. The van der Waals surface area contributed by atoms with E-state index < -0.39 is 24.0 Å². The van der Waals surface area contributed by atoms with E-state index in [0.717, 1.165) is 0 Å². The van der Waals surface area contributed by atoms with Gasteiger partial charge in [0.1, 0.15) is 0 Å². The number of esters is 1. The number of hydrogen-bond donors (Lipinski definition) is 2. The molecule has 0 aliphatic heterocycles. The number of urea groups is 1. The van der Waals surface area contributed by atoms with Gasteiger partial charge in [0.15, 0.2) is 6.10 Å². The van der Waals surface area contributed by atoms with E-state index in [9.17, 15) is 14.4 Å². The summed E-state index contributed by atoms with van der Waals surface area (Å²) >= 11 is 0. The fraction of sp³-hybridized carbons (Fsp3) is 0.364. The molecule has 0 saturated carbocycles. The number of nitrogens with two attached hydrogens (primary N) is 1. The molecule has 0 bridgehead atoms. The highest BCUT2D eigenvalue weighted by Crippen LogP contribution is 2.11. The zero-order chi connectivity index (χ0) is 13.7. The molecule has 18 heavy (non-hydrogen) atoms. The van der Waals surface area contributed by atoms with E-state index in [2.05, 4.69) is 0 Å². The van der Waals surface area contributed by atoms with Crippen molar-refractivity contribution < 1.29 is 23.5 Å². The predicted octanol–water partition coefficient (Wildman–Crippen LogP) is 0.656. The quantitative estimate of drug-likeness (QED) is 0.766. The first-order valence-electron chi connectivity index (χ1n) is 5.26. The third kappa shape index (κ3) is 3.62. The fourth-order valence-corrected chi connectivity index (χ4v) is 1.25. The maximum atomic E-state index is 11.6. The highest BCUT2D eigenvalue weighted by Gasteiger charge is 2.28. The van der Waals surface area contributed by atoms with Gasteiger partial charge in [-0.25, -0.2) is 9.59 Å². The number of furan rings is 1. The number of imide groups is 1. The Kier molecular flexibility index (Phi) is 4.47. The molecule has 7 nitrogen and oxygen atoms in total. The Morgan fingerprint density at radius 1 is 1.39 bits per heavy atom. The fourth-order valence-electron chi connectivity index (χ4n) is 1.25. The summed E-state index contributed by atoms with van der Waals surface area (Å²) in [7, 11) is 0. The van der Waals surface area contributed by atoms with Crippen molar-refractivity contribution in [3.63, 3.8) is 0 Å². The molecule has 0 aliphatic carbocycles. The average Bonchev–Trinajstić information content (AvgIpc) is 2.77. The van der Waals surface area contributed by atoms with Gasteiger partial charge in [-0.05, 0) is 18.1 Å². The van der Waals surface area contributed by atoms with Crippen molar-refractivity contribution in [3.05, 3.63) is 24.2 Å². The average molecular weight is 254 g/mol. The number of hydrogen-bond acceptors (Lipinski definition) is 5. The molecule has 1 heterocycles. The van der Waals surface area contributed by atoms with Gasteiger partial charge in [-0.3, -0.25) is 10.1 Å². The number of rotatable bonds is 4. The molecule has 0 aromatic carbocycles. The first-order chi connectivity index (χ1) is 8.41. The van der Waals surface area contributed by atoms with Crippen LogP contribution in [-0.2, 0) is 9.53 Å². The van der Waals surface area contributed by atoms with Crippen LogP contribution in [0.2, 0.25) is 0 Å². The second-order valence-electron chi connectivity index (χ2n) is 3.90. The molecule has 1 aromatic rings. The smallest absolute Gasteiger partial charge is 0.375 e. The number of carbonyl (C=O) groups is 3. The lowest BCUT2D eigenvalue weighted by atomic mass is 10.1. The van der Waals surface area contributed by atoms with Gasteiger partial charge in [-0.1, -0.05) is 13.8 Å². The third-order valence-electron chi connectivity index (χ3n) is 2.07. The lowest BCUT2D eigenvalue weighted by Crippen LogP contribution is -2.45. The van der Waals surface area contributed by atoms with E-state index in [1.807, 2.05) is 5.32 Å². The molecule has 0 saturated heterocycles. The summed E-state index contributed by atoms with van der Waals surface area (Å²) in [5.74, 6) is -1.88. The predicted molar refractivity (Wildman–Crippen MR) is 60.5 cm³/mol. The van der Waals surface area contributed by atoms with Crippen molar-refractivity contribution >= 4 is 17.9 Å². The van der Waals surface area contributed by atoms with E-state index in [4.69, 9.17) is 14.9 Å². The summed E-state index contributed by atoms with van der Waals surface area (Å²) in [4.78, 5) is 33.8. The number of carbonyl (C=O) groups excluding carboxylic acids is 3. The van der Waals surface area contributed by atoms with Crippen molar-refractivity contribution in [2.75, 3.05) is 0 Å². The summed E-state index contributed by atoms with van der Waals surface area (Å²) in [6.45, 7) is 3.33. The van der Waals surface area contributed by atoms with E-state index >= 15 is 0 Å². The zero-order valence-electron chi connectivity index (χ0n) is 10.0. The lowest BCUT2D eigenvalue weighted by Gasteiger charge is -2.19. The minimum Gasteiger partial charge on any atom is -0.457 e. The van der Waals surface area contributed by atoms with Gasteiger partial charge in [0.2, 0.25) is 5.76 Å². The highest BCUT2D eigenvalue weighted by atomic mass is 16.6. The first kappa shape index (κ1) is 13.8. The summed E-state index contributed by atoms with van der Waals surface area (Å²) in [6.07, 6.45) is 0.194. The normalized spacial score (nSPS) is 11.9. The van der Waals surface area contributed by atoms with Gasteiger partial charge >= 0.3 is 12.0 Å². The topological polar surface area (TPSA) is 112 Å². The Labute approximate surface area is 103 Å². The highest BCUT2D eigenvalue weighted by molar-refractivity contribution is 5.97. The van der Waals surface area contributed by atoms with E-state index in [1.54, 1.807) is 13.8 Å². The van der Waals surface area contributed by atoms with Crippen LogP contribution in [0.25, 0.3) is 0 Å². The van der Waals surface area contributed by atoms with Crippen LogP contribution in [0.1, 0.15) is 24.4 Å². The van der Waals surface area contributed by atoms with Crippen molar-refractivity contribution in [2.24, 2.45) is 11.7 Å². The molecule has 1 atom stereocenters. The van der Waals surface area contributed by atoms with Crippen LogP contribution < -0.4 is 11.1 Å². The largest absolute Gasteiger partial charge is 0.457 e. The molecule has 1 rings (SSSR count). The van der Waals surface area contributed by atoms with Gasteiger partial charge in [-0.15, -0.1) is 0 Å². The van der Waals surface area contributed by atoms with Crippen molar-refractivity contribution in [2.45, 2.75) is 20.0 Å². The molecule has 1 aromatic heterocycles. The van der Waals surface area contributed by atoms with Crippen LogP contribution in [0, 0.1) is 5.92 Å². The van der Waals surface area contributed by atoms with E-state index in [-0.39, 0.29) is 11.7 Å². The molecule has 0 unspecified atom stereocenters. The van der Waals surface area contributed by atoms with Gasteiger partial charge in [-0.2, -0.15) is 0 Å². The molecule has 0 aliphatic rings. The second-order valence-corrected chi connectivity index (χ2v) is 3.90. The lowest BCUT2D eigenvalue weighted by molar-refractivity contribution is -0.131. The van der Waals surface area contributed by atoms with Gasteiger partial charge in [0, 0.05) is 0 Å². The molecule has 0 spiro atoms. The first-order valence-corrected chi connectivity index (χ1v) is 5.26. The number of amides is 3. The maximum absolute atomic E-state index is 11.6. The van der Waals surface area contributed by atoms with E-state index in [1.165, 1.54) is 18.4 Å². The maximum Gasteiger partial charge on any atom is 0.375 e.